The molecule has 0 saturated carbocycles. The topological polar surface area (TPSA) is 34.9 Å². The van der Waals surface area contributed by atoms with E-state index in [1.54, 1.807) is 24.3 Å². The van der Waals surface area contributed by atoms with Gasteiger partial charge >= 0.3 is 0 Å². The number of para-hydroxylation sites is 1. The van der Waals surface area contributed by atoms with Crippen LogP contribution < -0.4 is 5.56 Å². The second-order valence-electron chi connectivity index (χ2n) is 5.87. The highest BCUT2D eigenvalue weighted by Gasteiger charge is 2.09. The predicted molar refractivity (Wildman–Crippen MR) is 96.9 cm³/mol. The largest absolute Gasteiger partial charge is 0.294 e. The van der Waals surface area contributed by atoms with Crippen molar-refractivity contribution in [3.63, 3.8) is 0 Å². The summed E-state index contributed by atoms with van der Waals surface area (Å²) in [5.74, 6) is -0.332. The van der Waals surface area contributed by atoms with Crippen molar-refractivity contribution in [2.24, 2.45) is 0 Å². The maximum atomic E-state index is 14.5. The Hall–Kier alpha value is -3.27. The maximum absolute atomic E-state index is 14.5. The molecule has 0 fully saturated rings. The van der Waals surface area contributed by atoms with Gasteiger partial charge in [0.15, 0.2) is 0 Å². The molecule has 0 atom stereocenters. The molecule has 0 radical (unpaired) electrons. The van der Waals surface area contributed by atoms with Crippen LogP contribution in [0.25, 0.3) is 22.0 Å². The Morgan fingerprint density at radius 2 is 1.64 bits per heavy atom. The number of fused-ring (bicyclic) bond motifs is 1. The molecule has 0 unspecified atom stereocenters. The smallest absolute Gasteiger partial charge is 0.261 e. The third-order valence-electron chi connectivity index (χ3n) is 4.23. The molecule has 0 bridgehead atoms. The average Bonchev–Trinajstić information content (AvgIpc) is 2.66. The van der Waals surface area contributed by atoms with Crippen LogP contribution in [0, 0.1) is 5.82 Å². The highest BCUT2D eigenvalue weighted by Crippen LogP contribution is 2.22. The lowest BCUT2D eigenvalue weighted by atomic mass is 10.0. The quantitative estimate of drug-likeness (QED) is 0.563. The highest BCUT2D eigenvalue weighted by molar-refractivity contribution is 5.76. The van der Waals surface area contributed by atoms with Gasteiger partial charge < -0.3 is 0 Å². The Balaban J connectivity index is 1.70. The van der Waals surface area contributed by atoms with E-state index < -0.39 is 0 Å². The van der Waals surface area contributed by atoms with Crippen LogP contribution in [0.3, 0.4) is 0 Å². The zero-order valence-corrected chi connectivity index (χ0v) is 13.4. The molecule has 1 aromatic heterocycles. The Kier molecular flexibility index (Phi) is 3.86. The van der Waals surface area contributed by atoms with Crippen molar-refractivity contribution in [3.05, 3.63) is 101 Å². The zero-order valence-electron chi connectivity index (χ0n) is 13.4. The molecule has 0 spiro atoms. The van der Waals surface area contributed by atoms with E-state index in [2.05, 4.69) is 4.98 Å². The Labute approximate surface area is 144 Å². The van der Waals surface area contributed by atoms with Crippen molar-refractivity contribution in [2.75, 3.05) is 0 Å². The second kappa shape index (κ2) is 6.32. The van der Waals surface area contributed by atoms with Crippen molar-refractivity contribution in [1.29, 1.82) is 0 Å². The number of halogens is 1. The molecular formula is C21H15FN2O. The summed E-state index contributed by atoms with van der Waals surface area (Å²) in [6, 6.07) is 21.9. The van der Waals surface area contributed by atoms with E-state index in [0.717, 1.165) is 11.1 Å². The summed E-state index contributed by atoms with van der Waals surface area (Å²) in [4.78, 5) is 16.8. The van der Waals surface area contributed by atoms with E-state index >= 15 is 0 Å². The molecule has 3 nitrogen and oxygen atoms in total. The van der Waals surface area contributed by atoms with E-state index in [0.29, 0.717) is 16.5 Å². The van der Waals surface area contributed by atoms with E-state index in [4.69, 9.17) is 0 Å². The molecule has 25 heavy (non-hydrogen) atoms. The summed E-state index contributed by atoms with van der Waals surface area (Å²) in [5.41, 5.74) is 2.70. The minimum absolute atomic E-state index is 0.150. The van der Waals surface area contributed by atoms with Gasteiger partial charge in [-0.2, -0.15) is 0 Å². The van der Waals surface area contributed by atoms with Gasteiger partial charge in [-0.05, 0) is 29.3 Å². The third kappa shape index (κ3) is 2.94. The van der Waals surface area contributed by atoms with Crippen molar-refractivity contribution >= 4 is 10.9 Å². The fraction of sp³-hybridized carbons (Fsp3) is 0.0476. The summed E-state index contributed by atoms with van der Waals surface area (Å²) in [7, 11) is 0. The van der Waals surface area contributed by atoms with Crippen molar-refractivity contribution < 1.29 is 4.39 Å². The molecule has 4 aromatic rings. The third-order valence-corrected chi connectivity index (χ3v) is 4.23. The molecule has 0 aliphatic heterocycles. The molecule has 0 amide bonds. The van der Waals surface area contributed by atoms with Crippen LogP contribution in [0.2, 0.25) is 0 Å². The summed E-state index contributed by atoms with van der Waals surface area (Å²) in [6.45, 7) is 0.150. The molecule has 1 heterocycles. The molecule has 4 heteroatoms. The number of aromatic nitrogens is 2. The lowest BCUT2D eigenvalue weighted by Gasteiger charge is -2.09. The van der Waals surface area contributed by atoms with Crippen LogP contribution >= 0.6 is 0 Å². The van der Waals surface area contributed by atoms with E-state index in [-0.39, 0.29) is 17.9 Å². The van der Waals surface area contributed by atoms with E-state index in [1.165, 1.54) is 17.0 Å². The number of hydrogen-bond acceptors (Lipinski definition) is 2. The summed E-state index contributed by atoms with van der Waals surface area (Å²) in [6.07, 6.45) is 1.47. The van der Waals surface area contributed by atoms with Gasteiger partial charge in [-0.15, -0.1) is 0 Å². The van der Waals surface area contributed by atoms with Crippen LogP contribution in [-0.4, -0.2) is 9.55 Å². The highest BCUT2D eigenvalue weighted by atomic mass is 19.1. The average molecular weight is 330 g/mol. The molecule has 0 aliphatic carbocycles. The number of benzene rings is 3. The van der Waals surface area contributed by atoms with E-state index in [9.17, 15) is 9.18 Å². The second-order valence-corrected chi connectivity index (χ2v) is 5.87. The lowest BCUT2D eigenvalue weighted by Crippen LogP contribution is -2.21. The van der Waals surface area contributed by atoms with Gasteiger partial charge in [-0.25, -0.2) is 9.37 Å². The van der Waals surface area contributed by atoms with Gasteiger partial charge in [0.2, 0.25) is 0 Å². The van der Waals surface area contributed by atoms with Gasteiger partial charge in [0, 0.05) is 5.56 Å². The van der Waals surface area contributed by atoms with Gasteiger partial charge in [-0.1, -0.05) is 54.6 Å². The fourth-order valence-corrected chi connectivity index (χ4v) is 2.89. The monoisotopic (exact) mass is 330 g/mol. The SMILES string of the molecule is O=c1c2ccccc2ncn1Cc1ccc(-c2ccccc2)cc1F. The van der Waals surface area contributed by atoms with Crippen LogP contribution in [0.5, 0.6) is 0 Å². The first kappa shape index (κ1) is 15.3. The summed E-state index contributed by atoms with van der Waals surface area (Å²) < 4.78 is 16.0. The standard InChI is InChI=1S/C21H15FN2O/c22-19-12-16(15-6-2-1-3-7-15)10-11-17(19)13-24-14-23-20-9-5-4-8-18(20)21(24)25/h1-12,14H,13H2. The molecular weight excluding hydrogens is 315 g/mol. The van der Waals surface area contributed by atoms with Crippen molar-refractivity contribution in [2.45, 2.75) is 6.54 Å². The molecule has 4 rings (SSSR count). The number of rotatable bonds is 3. The number of hydrogen-bond donors (Lipinski definition) is 0. The molecule has 3 aromatic carbocycles. The first-order valence-corrected chi connectivity index (χ1v) is 8.00. The van der Waals surface area contributed by atoms with Crippen molar-refractivity contribution in [1.82, 2.24) is 9.55 Å². The maximum Gasteiger partial charge on any atom is 0.261 e. The minimum atomic E-state index is -0.332. The van der Waals surface area contributed by atoms with Gasteiger partial charge in [-0.3, -0.25) is 9.36 Å². The first-order valence-electron chi connectivity index (χ1n) is 8.00. The van der Waals surface area contributed by atoms with Crippen LogP contribution in [0.15, 0.2) is 83.9 Å². The van der Waals surface area contributed by atoms with Gasteiger partial charge in [0.05, 0.1) is 23.8 Å². The normalized spacial score (nSPS) is 10.9. The summed E-state index contributed by atoms with van der Waals surface area (Å²) in [5, 5.41) is 0.534. The Morgan fingerprint density at radius 3 is 2.44 bits per heavy atom. The molecule has 0 aliphatic rings. The van der Waals surface area contributed by atoms with Crippen molar-refractivity contribution in [3.8, 4) is 11.1 Å². The Bertz CT molecular complexity index is 1100. The lowest BCUT2D eigenvalue weighted by molar-refractivity contribution is 0.596. The first-order chi connectivity index (χ1) is 12.2. The van der Waals surface area contributed by atoms with Gasteiger partial charge in [0.25, 0.3) is 5.56 Å². The predicted octanol–water partition coefficient (Wildman–Crippen LogP) is 4.25. The number of nitrogens with zero attached hydrogens (tertiary/aromatic N) is 2. The fourth-order valence-electron chi connectivity index (χ4n) is 2.89. The Morgan fingerprint density at radius 1 is 0.880 bits per heavy atom. The van der Waals surface area contributed by atoms with E-state index in [1.807, 2.05) is 42.5 Å². The van der Waals surface area contributed by atoms with Crippen LogP contribution in [0.1, 0.15) is 5.56 Å². The van der Waals surface area contributed by atoms with Crippen LogP contribution in [-0.2, 0) is 6.54 Å². The van der Waals surface area contributed by atoms with Crippen LogP contribution in [0.4, 0.5) is 4.39 Å². The molecule has 0 N–H and O–H groups in total. The minimum Gasteiger partial charge on any atom is -0.294 e. The molecule has 122 valence electrons. The zero-order chi connectivity index (χ0) is 17.2. The van der Waals surface area contributed by atoms with Gasteiger partial charge in [0.1, 0.15) is 5.82 Å². The summed E-state index contributed by atoms with van der Waals surface area (Å²) >= 11 is 0. The molecule has 0 saturated heterocycles.